The number of hydrogen-bond donors (Lipinski definition) is 0. The molecular weight excluding hydrogens is 212 g/mol. The molecule has 0 aliphatic carbocycles. The molecule has 0 amide bonds. The molecule has 5 heteroatoms. The van der Waals surface area contributed by atoms with E-state index >= 15 is 0 Å². The van der Waals surface area contributed by atoms with Crippen LogP contribution < -0.4 is 0 Å². The van der Waals surface area contributed by atoms with Crippen molar-refractivity contribution in [2.75, 3.05) is 7.11 Å². The molecule has 2 nitrogen and oxygen atoms in total. The Bertz CT molecular complexity index is 143. The highest BCUT2D eigenvalue weighted by Crippen LogP contribution is 2.13. The highest BCUT2D eigenvalue weighted by Gasteiger charge is 2.20. The van der Waals surface area contributed by atoms with Crippen LogP contribution in [0.3, 0.4) is 0 Å². The summed E-state index contributed by atoms with van der Waals surface area (Å²) in [6.07, 6.45) is 0. The van der Waals surface area contributed by atoms with Gasteiger partial charge in [-0.2, -0.15) is 0 Å². The van der Waals surface area contributed by atoms with Crippen molar-refractivity contribution in [1.82, 2.24) is 0 Å². The zero-order chi connectivity index (χ0) is 10.5. The van der Waals surface area contributed by atoms with Gasteiger partial charge in [0.2, 0.25) is 0 Å². The summed E-state index contributed by atoms with van der Waals surface area (Å²) >= 11 is 0. The van der Waals surface area contributed by atoms with Crippen LogP contribution in [0.5, 0.6) is 0 Å². The smallest absolute Gasteiger partial charge is 0.185 e. The predicted octanol–water partition coefficient (Wildman–Crippen LogP) is 2.19. The fraction of sp³-hybridized carbons (Fsp3) is 1.00. The van der Waals surface area contributed by atoms with Crippen molar-refractivity contribution >= 4 is 26.4 Å². The van der Waals surface area contributed by atoms with Crippen molar-refractivity contribution in [2.45, 2.75) is 44.8 Å². The van der Waals surface area contributed by atoms with Gasteiger partial charge in [0.1, 0.15) is 9.76 Å². The first-order valence-electron chi connectivity index (χ1n) is 4.96. The van der Waals surface area contributed by atoms with E-state index in [-0.39, 0.29) is 9.76 Å². The second kappa shape index (κ2) is 5.45. The van der Waals surface area contributed by atoms with Crippen LogP contribution in [-0.2, 0) is 8.54 Å². The zero-order valence-electron chi connectivity index (χ0n) is 9.94. The molecule has 0 bridgehead atoms. The van der Waals surface area contributed by atoms with Gasteiger partial charge in [-0.1, -0.05) is 0 Å². The zero-order valence-corrected chi connectivity index (χ0v) is 13.4. The molecule has 80 valence electrons. The van der Waals surface area contributed by atoms with Crippen molar-refractivity contribution < 1.29 is 8.54 Å². The molecule has 0 aliphatic heterocycles. The number of rotatable bonds is 6. The SMILES string of the molecule is CO[Si](C)(C)CC[SiH2]O[Si](C)(C)C. The minimum atomic E-state index is -1.30. The lowest BCUT2D eigenvalue weighted by Gasteiger charge is -2.21. The molecule has 0 aliphatic rings. The van der Waals surface area contributed by atoms with E-state index in [9.17, 15) is 0 Å². The molecule has 0 rings (SSSR count). The first-order valence-corrected chi connectivity index (χ1v) is 13.1. The van der Waals surface area contributed by atoms with Crippen LogP contribution in [0, 0.1) is 0 Å². The minimum Gasteiger partial charge on any atom is -0.461 e. The molecular formula is C8H24O2Si3. The number of hydrogen-bond acceptors (Lipinski definition) is 2. The quantitative estimate of drug-likeness (QED) is 0.520. The molecule has 0 heterocycles. The molecule has 13 heavy (non-hydrogen) atoms. The van der Waals surface area contributed by atoms with Gasteiger partial charge < -0.3 is 8.54 Å². The summed E-state index contributed by atoms with van der Waals surface area (Å²) in [6, 6.07) is 2.55. The largest absolute Gasteiger partial charge is 0.461 e. The Morgan fingerprint density at radius 3 is 2.00 bits per heavy atom. The fourth-order valence-corrected chi connectivity index (χ4v) is 8.19. The van der Waals surface area contributed by atoms with E-state index in [0.717, 1.165) is 0 Å². The predicted molar refractivity (Wildman–Crippen MR) is 67.1 cm³/mol. The van der Waals surface area contributed by atoms with E-state index in [1.165, 1.54) is 12.1 Å². The fourth-order valence-electron chi connectivity index (χ4n) is 0.978. The van der Waals surface area contributed by atoms with Gasteiger partial charge in [0.15, 0.2) is 16.6 Å². The van der Waals surface area contributed by atoms with Crippen molar-refractivity contribution in [3.05, 3.63) is 0 Å². The third-order valence-electron chi connectivity index (χ3n) is 2.01. The lowest BCUT2D eigenvalue weighted by atomic mass is 10.9. The Balaban J connectivity index is 3.47. The monoisotopic (exact) mass is 236 g/mol. The summed E-state index contributed by atoms with van der Waals surface area (Å²) in [7, 11) is -0.956. The standard InChI is InChI=1S/C8H24O2Si3/c1-9-13(5,6)8-7-11-10-12(2,3)4/h7-8,11H2,1-6H3. The first-order chi connectivity index (χ1) is 5.77. The molecule has 0 saturated carbocycles. The Morgan fingerprint density at radius 1 is 1.08 bits per heavy atom. The Morgan fingerprint density at radius 2 is 1.62 bits per heavy atom. The second-order valence-electron chi connectivity index (χ2n) is 5.03. The summed E-state index contributed by atoms with van der Waals surface area (Å²) in [5.74, 6) is 0. The average molecular weight is 237 g/mol. The summed E-state index contributed by atoms with van der Waals surface area (Å²) in [6.45, 7) is 11.3. The van der Waals surface area contributed by atoms with Gasteiger partial charge in [-0.15, -0.1) is 0 Å². The van der Waals surface area contributed by atoms with Crippen LogP contribution >= 0.6 is 0 Å². The van der Waals surface area contributed by atoms with Crippen LogP contribution in [0.1, 0.15) is 0 Å². The topological polar surface area (TPSA) is 18.5 Å². The molecule has 0 aromatic heterocycles. The van der Waals surface area contributed by atoms with Gasteiger partial charge in [0, 0.05) is 7.11 Å². The maximum absolute atomic E-state index is 5.91. The van der Waals surface area contributed by atoms with Crippen LogP contribution in [-0.4, -0.2) is 33.5 Å². The van der Waals surface area contributed by atoms with Gasteiger partial charge in [-0.25, -0.2) is 0 Å². The van der Waals surface area contributed by atoms with E-state index in [1.807, 2.05) is 7.11 Å². The van der Waals surface area contributed by atoms with E-state index in [1.54, 1.807) is 0 Å². The van der Waals surface area contributed by atoms with Crippen molar-refractivity contribution in [3.8, 4) is 0 Å². The van der Waals surface area contributed by atoms with Crippen LogP contribution in [0.2, 0.25) is 44.8 Å². The van der Waals surface area contributed by atoms with E-state index in [0.29, 0.717) is 0 Å². The molecule has 0 fully saturated rings. The maximum Gasteiger partial charge on any atom is 0.185 e. The van der Waals surface area contributed by atoms with Crippen molar-refractivity contribution in [3.63, 3.8) is 0 Å². The Hall–Kier alpha value is 0.571. The first kappa shape index (κ1) is 13.6. The lowest BCUT2D eigenvalue weighted by Crippen LogP contribution is -2.31. The molecule has 0 aromatic carbocycles. The van der Waals surface area contributed by atoms with Gasteiger partial charge >= 0.3 is 0 Å². The molecule has 0 unspecified atom stereocenters. The van der Waals surface area contributed by atoms with E-state index < -0.39 is 16.6 Å². The summed E-state index contributed by atoms with van der Waals surface area (Å²) in [5.41, 5.74) is 0. The molecule has 0 radical (unpaired) electrons. The summed E-state index contributed by atoms with van der Waals surface area (Å²) in [5, 5.41) is 0. The molecule has 0 spiro atoms. The highest BCUT2D eigenvalue weighted by molar-refractivity contribution is 6.75. The summed E-state index contributed by atoms with van der Waals surface area (Å²) in [4.78, 5) is 0. The molecule has 0 saturated heterocycles. The highest BCUT2D eigenvalue weighted by atomic mass is 28.4. The molecule has 0 atom stereocenters. The second-order valence-corrected chi connectivity index (χ2v) is 16.0. The van der Waals surface area contributed by atoms with E-state index in [4.69, 9.17) is 8.54 Å². The molecule has 0 N–H and O–H groups in total. The van der Waals surface area contributed by atoms with Crippen LogP contribution in [0.25, 0.3) is 0 Å². The van der Waals surface area contributed by atoms with E-state index in [2.05, 4.69) is 32.7 Å². The molecule has 0 aromatic rings. The third-order valence-corrected chi connectivity index (χ3v) is 10.3. The summed E-state index contributed by atoms with van der Waals surface area (Å²) < 4.78 is 11.4. The van der Waals surface area contributed by atoms with Crippen molar-refractivity contribution in [2.24, 2.45) is 0 Å². The van der Waals surface area contributed by atoms with Gasteiger partial charge in [-0.05, 0) is 44.8 Å². The average Bonchev–Trinajstić information content (AvgIpc) is 1.97. The van der Waals surface area contributed by atoms with Crippen LogP contribution in [0.4, 0.5) is 0 Å². The van der Waals surface area contributed by atoms with Gasteiger partial charge in [0.05, 0.1) is 0 Å². The Kier molecular flexibility index (Phi) is 5.69. The Labute approximate surface area is 87.2 Å². The lowest BCUT2D eigenvalue weighted by molar-refractivity contribution is 0.404. The maximum atomic E-state index is 5.91. The third kappa shape index (κ3) is 8.89. The normalized spacial score (nSPS) is 14.3. The van der Waals surface area contributed by atoms with Crippen LogP contribution in [0.15, 0.2) is 0 Å². The van der Waals surface area contributed by atoms with Gasteiger partial charge in [-0.3, -0.25) is 0 Å². The van der Waals surface area contributed by atoms with Gasteiger partial charge in [0.25, 0.3) is 0 Å². The van der Waals surface area contributed by atoms with Crippen molar-refractivity contribution in [1.29, 1.82) is 0 Å². The minimum absolute atomic E-state index is 0.266.